The predicted molar refractivity (Wildman–Crippen MR) is 124 cm³/mol. The highest BCUT2D eigenvalue weighted by molar-refractivity contribution is 7.92. The van der Waals surface area contributed by atoms with Gasteiger partial charge in [0, 0.05) is 0 Å². The number of rotatable bonds is 5. The highest BCUT2D eigenvalue weighted by Crippen LogP contribution is 2.37. The minimum absolute atomic E-state index is 0.111. The standard InChI is InChI=1S/C25H26N2O4S/c1-17-9-12-21(13-10-17)32(29,30)27-16-24(31-23-15-18(2)11-14-22(23)27)25(28)26-19(3)20-7-5-4-6-8-20/h4-15,19,24H,16H2,1-3H3,(H,26,28)/t19-,24+/m0/s1. The van der Waals surface area contributed by atoms with E-state index in [1.807, 2.05) is 57.2 Å². The number of hydrogen-bond acceptors (Lipinski definition) is 4. The second-order valence-electron chi connectivity index (χ2n) is 8.07. The number of carbonyl (C=O) groups excluding carboxylic acids is 1. The summed E-state index contributed by atoms with van der Waals surface area (Å²) in [5.41, 5.74) is 3.26. The largest absolute Gasteiger partial charge is 0.476 e. The lowest BCUT2D eigenvalue weighted by Gasteiger charge is -2.35. The summed E-state index contributed by atoms with van der Waals surface area (Å²) in [5, 5.41) is 2.95. The Morgan fingerprint density at radius 2 is 1.66 bits per heavy atom. The van der Waals surface area contributed by atoms with E-state index in [-0.39, 0.29) is 23.4 Å². The maximum atomic E-state index is 13.5. The van der Waals surface area contributed by atoms with Gasteiger partial charge < -0.3 is 10.1 Å². The third-order valence-corrected chi connectivity index (χ3v) is 7.34. The number of aryl methyl sites for hydroxylation is 2. The quantitative estimate of drug-likeness (QED) is 0.634. The summed E-state index contributed by atoms with van der Waals surface area (Å²) >= 11 is 0. The number of amides is 1. The number of anilines is 1. The van der Waals surface area contributed by atoms with E-state index in [0.717, 1.165) is 16.7 Å². The van der Waals surface area contributed by atoms with Crippen LogP contribution in [0.2, 0.25) is 0 Å². The third-order valence-electron chi connectivity index (χ3n) is 5.54. The molecule has 3 aromatic carbocycles. The zero-order valence-electron chi connectivity index (χ0n) is 18.3. The molecule has 0 aromatic heterocycles. The van der Waals surface area contributed by atoms with Gasteiger partial charge in [0.1, 0.15) is 5.75 Å². The normalized spacial score (nSPS) is 16.6. The molecular weight excluding hydrogens is 424 g/mol. The highest BCUT2D eigenvalue weighted by Gasteiger charge is 2.38. The molecule has 2 atom stereocenters. The van der Waals surface area contributed by atoms with E-state index < -0.39 is 16.1 Å². The van der Waals surface area contributed by atoms with Crippen LogP contribution in [0.4, 0.5) is 5.69 Å². The van der Waals surface area contributed by atoms with Crippen LogP contribution in [0.15, 0.2) is 77.7 Å². The zero-order chi connectivity index (χ0) is 22.9. The molecule has 1 N–H and O–H groups in total. The van der Waals surface area contributed by atoms with Crippen molar-refractivity contribution in [3.63, 3.8) is 0 Å². The lowest BCUT2D eigenvalue weighted by atomic mass is 10.1. The van der Waals surface area contributed by atoms with Crippen LogP contribution in [0.1, 0.15) is 29.7 Å². The summed E-state index contributed by atoms with van der Waals surface area (Å²) < 4.78 is 34.2. The molecule has 1 amide bonds. The van der Waals surface area contributed by atoms with E-state index >= 15 is 0 Å². The first-order valence-electron chi connectivity index (χ1n) is 10.5. The Kier molecular flexibility index (Phi) is 5.93. The first kappa shape index (κ1) is 21.9. The Morgan fingerprint density at radius 3 is 2.34 bits per heavy atom. The molecule has 1 heterocycles. The van der Waals surface area contributed by atoms with E-state index in [4.69, 9.17) is 4.74 Å². The van der Waals surface area contributed by atoms with Crippen LogP contribution in [0.25, 0.3) is 0 Å². The van der Waals surface area contributed by atoms with Crippen molar-refractivity contribution in [3.8, 4) is 5.75 Å². The zero-order valence-corrected chi connectivity index (χ0v) is 19.1. The second kappa shape index (κ2) is 8.67. The monoisotopic (exact) mass is 450 g/mol. The minimum atomic E-state index is -3.88. The molecule has 1 aliphatic rings. The van der Waals surface area contributed by atoms with Gasteiger partial charge in [-0.05, 0) is 56.2 Å². The van der Waals surface area contributed by atoms with Gasteiger partial charge in [0.25, 0.3) is 15.9 Å². The van der Waals surface area contributed by atoms with Gasteiger partial charge in [0.2, 0.25) is 0 Å². The average molecular weight is 451 g/mol. The van der Waals surface area contributed by atoms with Gasteiger partial charge in [-0.15, -0.1) is 0 Å². The molecule has 0 radical (unpaired) electrons. The third kappa shape index (κ3) is 4.34. The molecule has 0 saturated carbocycles. The summed E-state index contributed by atoms with van der Waals surface area (Å²) in [6.45, 7) is 5.57. The Morgan fingerprint density at radius 1 is 1.00 bits per heavy atom. The molecule has 0 unspecified atom stereocenters. The Bertz CT molecular complexity index is 1220. The summed E-state index contributed by atoms with van der Waals surface area (Å²) in [4.78, 5) is 13.2. The van der Waals surface area contributed by atoms with Crippen LogP contribution in [-0.2, 0) is 14.8 Å². The molecule has 7 heteroatoms. The van der Waals surface area contributed by atoms with E-state index in [2.05, 4.69) is 5.32 Å². The van der Waals surface area contributed by atoms with E-state index in [9.17, 15) is 13.2 Å². The first-order chi connectivity index (χ1) is 15.3. The van der Waals surface area contributed by atoms with Crippen LogP contribution in [0.3, 0.4) is 0 Å². The van der Waals surface area contributed by atoms with E-state index in [1.54, 1.807) is 36.4 Å². The molecule has 0 bridgehead atoms. The van der Waals surface area contributed by atoms with Crippen LogP contribution >= 0.6 is 0 Å². The number of nitrogens with one attached hydrogen (secondary N) is 1. The molecule has 4 rings (SSSR count). The highest BCUT2D eigenvalue weighted by atomic mass is 32.2. The van der Waals surface area contributed by atoms with Crippen LogP contribution in [0.5, 0.6) is 5.75 Å². The first-order valence-corrected chi connectivity index (χ1v) is 11.9. The predicted octanol–water partition coefficient (Wildman–Crippen LogP) is 4.14. The number of benzene rings is 3. The van der Waals surface area contributed by atoms with Gasteiger partial charge in [-0.1, -0.05) is 54.1 Å². The van der Waals surface area contributed by atoms with Crippen molar-refractivity contribution in [2.24, 2.45) is 0 Å². The molecule has 0 aliphatic carbocycles. The fourth-order valence-corrected chi connectivity index (χ4v) is 5.17. The van der Waals surface area contributed by atoms with Gasteiger partial charge in [0.15, 0.2) is 6.10 Å². The molecule has 3 aromatic rings. The second-order valence-corrected chi connectivity index (χ2v) is 9.93. The molecule has 32 heavy (non-hydrogen) atoms. The van der Waals surface area contributed by atoms with Crippen LogP contribution < -0.4 is 14.4 Å². The molecule has 0 spiro atoms. The Labute approximate surface area is 188 Å². The summed E-state index contributed by atoms with van der Waals surface area (Å²) in [5.74, 6) is 0.0112. The van der Waals surface area contributed by atoms with Crippen molar-refractivity contribution in [2.45, 2.75) is 37.8 Å². The molecule has 166 valence electrons. The molecule has 0 fully saturated rings. The fraction of sp³-hybridized carbons (Fsp3) is 0.240. The maximum absolute atomic E-state index is 13.5. The van der Waals surface area contributed by atoms with E-state index in [0.29, 0.717) is 11.4 Å². The van der Waals surface area contributed by atoms with Crippen molar-refractivity contribution >= 4 is 21.6 Å². The number of ether oxygens (including phenoxy) is 1. The van der Waals surface area contributed by atoms with Crippen LogP contribution in [-0.4, -0.2) is 27.0 Å². The fourth-order valence-electron chi connectivity index (χ4n) is 3.69. The molecule has 6 nitrogen and oxygen atoms in total. The van der Waals surface area contributed by atoms with Gasteiger partial charge in [-0.25, -0.2) is 8.42 Å². The maximum Gasteiger partial charge on any atom is 0.264 e. The SMILES string of the molecule is Cc1ccc(S(=O)(=O)N2C[C@H](C(=O)N[C@@H](C)c3ccccc3)Oc3cc(C)ccc32)cc1. The Balaban J connectivity index is 1.65. The lowest BCUT2D eigenvalue weighted by molar-refractivity contribution is -0.128. The summed E-state index contributed by atoms with van der Waals surface area (Å²) in [6.07, 6.45) is -0.976. The van der Waals surface area contributed by atoms with Crippen molar-refractivity contribution in [3.05, 3.63) is 89.5 Å². The molecule has 0 saturated heterocycles. The number of fused-ring (bicyclic) bond motifs is 1. The molecular formula is C25H26N2O4S. The number of hydrogen-bond donors (Lipinski definition) is 1. The summed E-state index contributed by atoms with van der Waals surface area (Å²) in [6, 6.07) is 21.3. The lowest BCUT2D eigenvalue weighted by Crippen LogP contribution is -2.51. The van der Waals surface area contributed by atoms with Crippen molar-refractivity contribution in [2.75, 3.05) is 10.8 Å². The molecule has 1 aliphatic heterocycles. The van der Waals surface area contributed by atoms with Gasteiger partial charge in [-0.2, -0.15) is 0 Å². The number of sulfonamides is 1. The van der Waals surface area contributed by atoms with Crippen molar-refractivity contribution < 1.29 is 17.9 Å². The number of carbonyl (C=O) groups is 1. The topological polar surface area (TPSA) is 75.7 Å². The van der Waals surface area contributed by atoms with Crippen molar-refractivity contribution in [1.29, 1.82) is 0 Å². The van der Waals surface area contributed by atoms with Crippen molar-refractivity contribution in [1.82, 2.24) is 5.32 Å². The average Bonchev–Trinajstić information content (AvgIpc) is 2.78. The van der Waals surface area contributed by atoms with E-state index in [1.165, 1.54) is 4.31 Å². The van der Waals surface area contributed by atoms with Gasteiger partial charge >= 0.3 is 0 Å². The minimum Gasteiger partial charge on any atom is -0.476 e. The summed E-state index contributed by atoms with van der Waals surface area (Å²) in [7, 11) is -3.88. The smallest absolute Gasteiger partial charge is 0.264 e. The van der Waals surface area contributed by atoms with Crippen LogP contribution in [0, 0.1) is 13.8 Å². The van der Waals surface area contributed by atoms with Gasteiger partial charge in [0.05, 0.1) is 23.2 Å². The Hall–Kier alpha value is -3.32. The number of nitrogens with zero attached hydrogens (tertiary/aromatic N) is 1. The van der Waals surface area contributed by atoms with Gasteiger partial charge in [-0.3, -0.25) is 9.10 Å².